The lowest BCUT2D eigenvalue weighted by Crippen LogP contribution is -2.47. The van der Waals surface area contributed by atoms with Crippen LogP contribution in [0.4, 0.5) is 0 Å². The topological polar surface area (TPSA) is 15.3 Å². The molecule has 2 fully saturated rings. The van der Waals surface area contributed by atoms with E-state index >= 15 is 0 Å². The summed E-state index contributed by atoms with van der Waals surface area (Å²) in [6, 6.07) is 2.55. The maximum Gasteiger partial charge on any atom is 0.00989 e. The van der Waals surface area contributed by atoms with Crippen LogP contribution in [-0.4, -0.2) is 36.6 Å². The summed E-state index contributed by atoms with van der Waals surface area (Å²) in [5.41, 5.74) is 0. The van der Waals surface area contributed by atoms with Crippen LogP contribution < -0.4 is 5.32 Å². The van der Waals surface area contributed by atoms with Crippen LogP contribution >= 0.6 is 0 Å². The average molecular weight is 224 g/mol. The minimum atomic E-state index is 0.775. The molecule has 2 aliphatic heterocycles. The lowest BCUT2D eigenvalue weighted by molar-refractivity contribution is 0.111. The third-order valence-corrected chi connectivity index (χ3v) is 4.80. The van der Waals surface area contributed by atoms with E-state index in [1.807, 2.05) is 0 Å². The van der Waals surface area contributed by atoms with Gasteiger partial charge in [-0.05, 0) is 58.0 Å². The summed E-state index contributed by atoms with van der Waals surface area (Å²) in [5, 5.41) is 3.75. The van der Waals surface area contributed by atoms with Gasteiger partial charge < -0.3 is 10.2 Å². The van der Waals surface area contributed by atoms with E-state index in [2.05, 4.69) is 31.1 Å². The van der Waals surface area contributed by atoms with Gasteiger partial charge in [0.1, 0.15) is 0 Å². The van der Waals surface area contributed by atoms with E-state index in [1.54, 1.807) is 0 Å². The predicted molar refractivity (Wildman–Crippen MR) is 69.7 cm³/mol. The molecule has 0 amide bonds. The molecule has 0 radical (unpaired) electrons. The molecule has 2 aliphatic rings. The normalized spacial score (nSPS) is 36.6. The van der Waals surface area contributed by atoms with Crippen LogP contribution in [-0.2, 0) is 0 Å². The molecule has 2 rings (SSSR count). The highest BCUT2D eigenvalue weighted by molar-refractivity contribution is 4.96. The van der Waals surface area contributed by atoms with Crippen molar-refractivity contribution in [1.82, 2.24) is 10.2 Å². The van der Waals surface area contributed by atoms with Crippen molar-refractivity contribution in [2.45, 2.75) is 70.5 Å². The van der Waals surface area contributed by atoms with E-state index in [1.165, 1.54) is 45.1 Å². The van der Waals surface area contributed by atoms with E-state index in [9.17, 15) is 0 Å². The van der Waals surface area contributed by atoms with E-state index in [0.29, 0.717) is 0 Å². The molecule has 0 spiro atoms. The van der Waals surface area contributed by atoms with Crippen molar-refractivity contribution in [1.29, 1.82) is 0 Å². The zero-order chi connectivity index (χ0) is 11.5. The van der Waals surface area contributed by atoms with Crippen LogP contribution in [0.15, 0.2) is 0 Å². The highest BCUT2D eigenvalue weighted by Gasteiger charge is 2.40. The van der Waals surface area contributed by atoms with E-state index in [4.69, 9.17) is 0 Å². The van der Waals surface area contributed by atoms with Crippen molar-refractivity contribution in [2.24, 2.45) is 5.92 Å². The molecule has 0 aromatic heterocycles. The molecular formula is C14H28N2. The Morgan fingerprint density at radius 1 is 1.19 bits per heavy atom. The Hall–Kier alpha value is -0.0800. The zero-order valence-electron chi connectivity index (χ0n) is 11.2. The van der Waals surface area contributed by atoms with Crippen molar-refractivity contribution in [3.63, 3.8) is 0 Å². The first-order valence-corrected chi connectivity index (χ1v) is 7.21. The smallest absolute Gasteiger partial charge is 0.00989 e. The van der Waals surface area contributed by atoms with Crippen molar-refractivity contribution in [3.8, 4) is 0 Å². The molecular weight excluding hydrogens is 196 g/mol. The molecule has 3 atom stereocenters. The molecule has 16 heavy (non-hydrogen) atoms. The predicted octanol–water partition coefficient (Wildman–Crippen LogP) is 2.64. The summed E-state index contributed by atoms with van der Waals surface area (Å²) in [6.45, 7) is 5.80. The third kappa shape index (κ3) is 2.43. The number of nitrogens with one attached hydrogen (secondary N) is 1. The second-order valence-corrected chi connectivity index (χ2v) is 5.75. The lowest BCUT2D eigenvalue weighted by atomic mass is 9.84. The van der Waals surface area contributed by atoms with Gasteiger partial charge in [0.25, 0.3) is 0 Å². The number of hydrogen-bond donors (Lipinski definition) is 1. The molecule has 0 aromatic rings. The highest BCUT2D eigenvalue weighted by Crippen LogP contribution is 2.39. The Kier molecular flexibility index (Phi) is 4.26. The maximum atomic E-state index is 3.75. The first-order valence-electron chi connectivity index (χ1n) is 7.21. The average Bonchev–Trinajstić information content (AvgIpc) is 2.54. The van der Waals surface area contributed by atoms with Crippen LogP contribution in [0.5, 0.6) is 0 Å². The Balaban J connectivity index is 1.90. The SMILES string of the molecule is CCCNC(CC)C1CC2CCC(C1)N2C. The fourth-order valence-electron chi connectivity index (χ4n) is 3.76. The van der Waals surface area contributed by atoms with Crippen molar-refractivity contribution in [3.05, 3.63) is 0 Å². The molecule has 2 saturated heterocycles. The number of fused-ring (bicyclic) bond motifs is 2. The number of piperidine rings is 1. The number of rotatable bonds is 5. The Morgan fingerprint density at radius 3 is 2.31 bits per heavy atom. The quantitative estimate of drug-likeness (QED) is 0.772. The molecule has 2 bridgehead atoms. The molecule has 3 unspecified atom stereocenters. The second-order valence-electron chi connectivity index (χ2n) is 5.75. The van der Waals surface area contributed by atoms with Crippen LogP contribution in [0.1, 0.15) is 52.4 Å². The van der Waals surface area contributed by atoms with Gasteiger partial charge in [0, 0.05) is 18.1 Å². The van der Waals surface area contributed by atoms with Crippen LogP contribution in [0.25, 0.3) is 0 Å². The van der Waals surface area contributed by atoms with Gasteiger partial charge in [-0.2, -0.15) is 0 Å². The fraction of sp³-hybridized carbons (Fsp3) is 1.00. The molecule has 94 valence electrons. The Bertz CT molecular complexity index is 203. The van der Waals surface area contributed by atoms with Crippen molar-refractivity contribution < 1.29 is 0 Å². The molecule has 1 N–H and O–H groups in total. The molecule has 0 aliphatic carbocycles. The summed E-state index contributed by atoms with van der Waals surface area (Å²) in [4.78, 5) is 2.64. The van der Waals surface area contributed by atoms with E-state index in [-0.39, 0.29) is 0 Å². The maximum absolute atomic E-state index is 3.75. The lowest BCUT2D eigenvalue weighted by Gasteiger charge is -2.40. The number of hydrogen-bond acceptors (Lipinski definition) is 2. The van der Waals surface area contributed by atoms with Crippen molar-refractivity contribution in [2.75, 3.05) is 13.6 Å². The fourth-order valence-corrected chi connectivity index (χ4v) is 3.76. The second kappa shape index (κ2) is 5.50. The minimum absolute atomic E-state index is 0.775. The third-order valence-electron chi connectivity index (χ3n) is 4.80. The molecule has 0 saturated carbocycles. The van der Waals surface area contributed by atoms with Crippen molar-refractivity contribution >= 4 is 0 Å². The van der Waals surface area contributed by atoms with Gasteiger partial charge in [0.2, 0.25) is 0 Å². The summed E-state index contributed by atoms with van der Waals surface area (Å²) in [6.07, 6.45) is 8.32. The van der Waals surface area contributed by atoms with Crippen LogP contribution in [0.2, 0.25) is 0 Å². The summed E-state index contributed by atoms with van der Waals surface area (Å²) in [5.74, 6) is 0.935. The van der Waals surface area contributed by atoms with Crippen LogP contribution in [0.3, 0.4) is 0 Å². The zero-order valence-corrected chi connectivity index (χ0v) is 11.2. The summed E-state index contributed by atoms with van der Waals surface area (Å²) < 4.78 is 0. The molecule has 2 heteroatoms. The van der Waals surface area contributed by atoms with Crippen LogP contribution in [0, 0.1) is 5.92 Å². The highest BCUT2D eigenvalue weighted by atomic mass is 15.2. The monoisotopic (exact) mass is 224 g/mol. The summed E-state index contributed by atoms with van der Waals surface area (Å²) in [7, 11) is 2.33. The van der Waals surface area contributed by atoms with E-state index < -0.39 is 0 Å². The van der Waals surface area contributed by atoms with Gasteiger partial charge >= 0.3 is 0 Å². The standard InChI is InChI=1S/C14H28N2/c1-4-8-15-14(5-2)11-9-12-6-7-13(10-11)16(12)3/h11-15H,4-10H2,1-3H3. The minimum Gasteiger partial charge on any atom is -0.314 e. The largest absolute Gasteiger partial charge is 0.314 e. The van der Waals surface area contributed by atoms with Gasteiger partial charge in [-0.3, -0.25) is 0 Å². The molecule has 2 heterocycles. The summed E-state index contributed by atoms with van der Waals surface area (Å²) >= 11 is 0. The molecule has 2 nitrogen and oxygen atoms in total. The van der Waals surface area contributed by atoms with Gasteiger partial charge in [0.05, 0.1) is 0 Å². The van der Waals surface area contributed by atoms with Gasteiger partial charge in [-0.15, -0.1) is 0 Å². The van der Waals surface area contributed by atoms with Gasteiger partial charge in [-0.25, -0.2) is 0 Å². The first-order chi connectivity index (χ1) is 7.76. The Labute approximate surface area is 101 Å². The van der Waals surface area contributed by atoms with Gasteiger partial charge in [0.15, 0.2) is 0 Å². The van der Waals surface area contributed by atoms with E-state index in [0.717, 1.165) is 24.0 Å². The Morgan fingerprint density at radius 2 is 1.81 bits per heavy atom. The number of nitrogens with zero attached hydrogens (tertiary/aromatic N) is 1. The first kappa shape index (κ1) is 12.4. The molecule has 0 aromatic carbocycles. The van der Waals surface area contributed by atoms with Gasteiger partial charge in [-0.1, -0.05) is 13.8 Å².